The van der Waals surface area contributed by atoms with Gasteiger partial charge in [0.2, 0.25) is 0 Å². The topological polar surface area (TPSA) is 9.23 Å². The second-order valence-corrected chi connectivity index (χ2v) is 0.525. The van der Waals surface area contributed by atoms with Crippen LogP contribution in [0.3, 0.4) is 0 Å². The van der Waals surface area contributed by atoms with Crippen molar-refractivity contribution < 1.29 is 3.84 Å². The van der Waals surface area contributed by atoms with Crippen molar-refractivity contribution in [3.05, 3.63) is 0 Å². The van der Waals surface area contributed by atoms with E-state index in [9.17, 15) is 0 Å². The van der Waals surface area contributed by atoms with E-state index in [4.69, 9.17) is 0 Å². The van der Waals surface area contributed by atoms with Gasteiger partial charge in [-0.05, 0) is 0 Å². The highest BCUT2D eigenvalue weighted by molar-refractivity contribution is 7.59. The Morgan fingerprint density at radius 1 is 1.00 bits per heavy atom. The van der Waals surface area contributed by atoms with Gasteiger partial charge < -0.3 is 0 Å². The Balaban J connectivity index is -0.0000000200. The molecule has 0 saturated heterocycles. The van der Waals surface area contributed by atoms with Gasteiger partial charge in [0.15, 0.2) is 0 Å². The molecule has 0 N–H and O–H groups in total. The second-order valence-electron chi connectivity index (χ2n) is 0.0583. The second kappa shape index (κ2) is 18.8. The lowest BCUT2D eigenvalue weighted by Gasteiger charge is -1.46. The lowest BCUT2D eigenvalue weighted by atomic mass is 15.9. The molecule has 0 aliphatic rings. The molecule has 1 nitrogen and oxygen atoms in total. The number of halogens is 2. The van der Waals surface area contributed by atoms with Crippen molar-refractivity contribution in [2.24, 2.45) is 0 Å². The molecule has 5 heteroatoms. The monoisotopic (exact) mass is 154 g/mol. The maximum atomic E-state index is 4.26. The van der Waals surface area contributed by atoms with Crippen molar-refractivity contribution in [3.8, 4) is 0 Å². The Morgan fingerprint density at radius 3 is 1.00 bits per heavy atom. The van der Waals surface area contributed by atoms with Gasteiger partial charge in [-0.25, -0.2) is 0 Å². The van der Waals surface area contributed by atoms with Gasteiger partial charge in [0.25, 0.3) is 0 Å². The third kappa shape index (κ3) is 35.8. The number of hydrogen-bond donors (Lipinski definition) is 0. The van der Waals surface area contributed by atoms with E-state index in [2.05, 4.69) is 27.6 Å². The molecular weight excluding hydrogens is 151 g/mol. The molecule has 0 rings (SSSR count). The minimum absolute atomic E-state index is 0. The van der Waals surface area contributed by atoms with Crippen molar-refractivity contribution >= 4 is 50.7 Å². The van der Waals surface area contributed by atoms with Gasteiger partial charge in [0, 0.05) is 0 Å². The molecule has 0 aromatic carbocycles. The third-order valence-electron chi connectivity index (χ3n) is 0. The fourth-order valence-corrected chi connectivity index (χ4v) is 0. The lowest BCUT2D eigenvalue weighted by Crippen LogP contribution is -1.15. The molecule has 0 atom stereocenters. The minimum Gasteiger partial charge on any atom is -0.197 e. The molecule has 0 bridgehead atoms. The maximum Gasteiger partial charge on any atom is 0.0832 e. The van der Waals surface area contributed by atoms with E-state index >= 15 is 0 Å². The van der Waals surface area contributed by atoms with E-state index in [1.54, 1.807) is 0 Å². The van der Waals surface area contributed by atoms with Gasteiger partial charge in [0.1, 0.15) is 0 Å². The first-order valence-corrected chi connectivity index (χ1v) is 0.926. The van der Waals surface area contributed by atoms with Gasteiger partial charge in [-0.1, -0.05) is 0 Å². The molecule has 0 unspecified atom stereocenters. The summed E-state index contributed by atoms with van der Waals surface area (Å²) in [4.78, 5) is 0. The lowest BCUT2D eigenvalue weighted by molar-refractivity contribution is 0.697. The molecule has 5 heavy (non-hydrogen) atoms. The molecule has 0 aliphatic carbocycles. The molecule has 0 aromatic heterocycles. The summed E-state index contributed by atoms with van der Waals surface area (Å²) in [6.45, 7) is 0. The molecule has 0 aliphatic heterocycles. The van der Waals surface area contributed by atoms with Crippen LogP contribution in [0.1, 0.15) is 0 Å². The van der Waals surface area contributed by atoms with E-state index in [0.29, 0.717) is 0 Å². The third-order valence-corrected chi connectivity index (χ3v) is 0. The predicted octanol–water partition coefficient (Wildman–Crippen LogP) is 1.54. The van der Waals surface area contributed by atoms with Crippen LogP contribution < -0.4 is 0 Å². The highest BCUT2D eigenvalue weighted by atomic mass is 35.6. The first-order chi connectivity index (χ1) is 1.41. The summed E-state index contributed by atoms with van der Waals surface area (Å²) in [5.74, 6) is 0. The van der Waals surface area contributed by atoms with E-state index in [0.717, 1.165) is 0 Å². The molecule has 0 aromatic rings. The Labute approximate surface area is 54.8 Å². The Hall–Kier alpha value is 1.24. The van der Waals surface area contributed by atoms with Crippen LogP contribution in [0.2, 0.25) is 0 Å². The molecule has 0 amide bonds. The normalized spacial score (nSPS) is 3.60. The maximum absolute atomic E-state index is 4.26. The van der Waals surface area contributed by atoms with Crippen LogP contribution >= 0.6 is 50.7 Å². The van der Waals surface area contributed by atoms with Crippen LogP contribution in [0.15, 0.2) is 0 Å². The highest BCUT2D eigenvalue weighted by Gasteiger charge is 1.38. The molecule has 0 fully saturated rings. The Bertz CT molecular complexity index is 7.61. The van der Waals surface area contributed by atoms with E-state index < -0.39 is 0 Å². The van der Waals surface area contributed by atoms with Gasteiger partial charge in [-0.2, -0.15) is 30.8 Å². The molecule has 0 radical (unpaired) electrons. The van der Waals surface area contributed by atoms with Crippen LogP contribution in [0.25, 0.3) is 0 Å². The summed E-state index contributed by atoms with van der Waals surface area (Å²) >= 11 is 8.53. The summed E-state index contributed by atoms with van der Waals surface area (Å²) in [7, 11) is 0. The van der Waals surface area contributed by atoms with Gasteiger partial charge in [-0.3, -0.25) is 0 Å². The van der Waals surface area contributed by atoms with Crippen molar-refractivity contribution in [1.29, 1.82) is 0 Å². The van der Waals surface area contributed by atoms with Gasteiger partial charge in [-0.15, -0.1) is 0 Å². The Kier molecular flexibility index (Phi) is 61.3. The van der Waals surface area contributed by atoms with Crippen LogP contribution in [-0.2, 0) is 3.84 Å². The summed E-state index contributed by atoms with van der Waals surface area (Å²) in [6, 6.07) is 0. The van der Waals surface area contributed by atoms with Crippen molar-refractivity contribution in [3.63, 3.8) is 0 Å². The Morgan fingerprint density at radius 2 is 1.00 bits per heavy atom. The van der Waals surface area contributed by atoms with Crippen LogP contribution in [0, 0.1) is 0 Å². The summed E-state index contributed by atoms with van der Waals surface area (Å²) in [6.07, 6.45) is 0. The first-order valence-electron chi connectivity index (χ1n) is 0.309. The molecule has 36 valence electrons. The van der Waals surface area contributed by atoms with Crippen LogP contribution in [0.4, 0.5) is 0 Å². The average molecular weight is 155 g/mol. The summed E-state index contributed by atoms with van der Waals surface area (Å²) < 4.78 is 3.19. The zero-order valence-electron chi connectivity index (χ0n) is 2.16. The van der Waals surface area contributed by atoms with E-state index in [1.807, 2.05) is 0 Å². The first kappa shape index (κ1) is 16.3. The standard InChI is InChI=1S/Cl2O.2H2S/c1-3-2;;/h;2*1H2. The summed E-state index contributed by atoms with van der Waals surface area (Å²) in [5.41, 5.74) is 0. The van der Waals surface area contributed by atoms with Crippen LogP contribution in [-0.4, -0.2) is 0 Å². The van der Waals surface area contributed by atoms with E-state index in [-0.39, 0.29) is 27.0 Å². The van der Waals surface area contributed by atoms with Crippen molar-refractivity contribution in [2.45, 2.75) is 0 Å². The van der Waals surface area contributed by atoms with Gasteiger partial charge >= 0.3 is 0 Å². The quantitative estimate of drug-likeness (QED) is 0.515. The van der Waals surface area contributed by atoms with E-state index in [1.165, 1.54) is 0 Å². The largest absolute Gasteiger partial charge is 0.197 e. The average Bonchev–Trinajstić information content (AvgIpc) is 0.918. The van der Waals surface area contributed by atoms with Gasteiger partial charge in [0.05, 0.1) is 23.7 Å². The number of rotatable bonds is 0. The number of hydrogen-bond acceptors (Lipinski definition) is 1. The summed E-state index contributed by atoms with van der Waals surface area (Å²) in [5, 5.41) is 0. The zero-order valence-corrected chi connectivity index (χ0v) is 5.68. The van der Waals surface area contributed by atoms with Crippen molar-refractivity contribution in [1.82, 2.24) is 0 Å². The molecule has 0 saturated carbocycles. The predicted molar refractivity (Wildman–Crippen MR) is 33.6 cm³/mol. The van der Waals surface area contributed by atoms with Crippen LogP contribution in [0.5, 0.6) is 0 Å². The SMILES string of the molecule is ClOCl.S.S. The molecular formula is H4Cl2OS2. The molecule has 0 heterocycles. The van der Waals surface area contributed by atoms with Crippen molar-refractivity contribution in [2.75, 3.05) is 0 Å². The fourth-order valence-electron chi connectivity index (χ4n) is 0. The molecule has 0 spiro atoms. The highest BCUT2D eigenvalue weighted by Crippen LogP contribution is 1.78. The minimum atomic E-state index is 0. The smallest absolute Gasteiger partial charge is 0.0832 e. The zero-order chi connectivity index (χ0) is 2.71. The fraction of sp³-hybridized carbons (Fsp3) is 0.